The van der Waals surface area contributed by atoms with Crippen LogP contribution in [0.1, 0.15) is 25.7 Å². The molecule has 1 aromatic carbocycles. The number of benzene rings is 1. The molecular formula is C15H24N4. The summed E-state index contributed by atoms with van der Waals surface area (Å²) in [7, 11) is 6.27. The average Bonchev–Trinajstić information content (AvgIpc) is 2.66. The van der Waals surface area contributed by atoms with E-state index in [0.29, 0.717) is 6.04 Å². The van der Waals surface area contributed by atoms with Crippen LogP contribution in [0.4, 0.5) is 0 Å². The van der Waals surface area contributed by atoms with Gasteiger partial charge in [0.05, 0.1) is 17.1 Å². The number of likely N-dealkylation sites (N-methyl/N-ethyl adjacent to an activating group) is 1. The average molecular weight is 260 g/mol. The molecule has 4 nitrogen and oxygen atoms in total. The van der Waals surface area contributed by atoms with Gasteiger partial charge in [0.1, 0.15) is 5.82 Å². The zero-order valence-corrected chi connectivity index (χ0v) is 12.5. The molecular weight excluding hydrogens is 236 g/mol. The van der Waals surface area contributed by atoms with Gasteiger partial charge in [0.2, 0.25) is 0 Å². The summed E-state index contributed by atoms with van der Waals surface area (Å²) in [6.45, 7) is 5.40. The molecule has 1 aromatic heterocycles. The SMILES string of the molecule is CC(CN(C)C)NC(C)c1nc2ccccc2n1C. The number of nitrogens with zero attached hydrogens (tertiary/aromatic N) is 3. The number of imidazole rings is 1. The van der Waals surface area contributed by atoms with Crippen molar-refractivity contribution in [2.75, 3.05) is 20.6 Å². The lowest BCUT2D eigenvalue weighted by Gasteiger charge is -2.22. The van der Waals surface area contributed by atoms with E-state index in [1.54, 1.807) is 0 Å². The third-order valence-electron chi connectivity index (χ3n) is 3.38. The molecule has 1 heterocycles. The molecule has 0 saturated heterocycles. The van der Waals surface area contributed by atoms with Crippen molar-refractivity contribution in [1.29, 1.82) is 0 Å². The number of rotatable bonds is 5. The highest BCUT2D eigenvalue weighted by Gasteiger charge is 2.16. The van der Waals surface area contributed by atoms with E-state index in [1.165, 1.54) is 5.52 Å². The lowest BCUT2D eigenvalue weighted by Crippen LogP contribution is -2.37. The fourth-order valence-corrected chi connectivity index (χ4v) is 2.65. The maximum atomic E-state index is 4.73. The first-order valence-corrected chi connectivity index (χ1v) is 6.81. The second kappa shape index (κ2) is 5.72. The number of aryl methyl sites for hydroxylation is 1. The lowest BCUT2D eigenvalue weighted by atomic mass is 10.2. The maximum absolute atomic E-state index is 4.73. The predicted octanol–water partition coefficient (Wildman–Crippen LogP) is 2.17. The van der Waals surface area contributed by atoms with Gasteiger partial charge in [-0.3, -0.25) is 0 Å². The highest BCUT2D eigenvalue weighted by atomic mass is 15.1. The number of hydrogen-bond donors (Lipinski definition) is 1. The lowest BCUT2D eigenvalue weighted by molar-refractivity contribution is 0.330. The molecule has 0 spiro atoms. The van der Waals surface area contributed by atoms with E-state index < -0.39 is 0 Å². The highest BCUT2D eigenvalue weighted by Crippen LogP contribution is 2.19. The molecule has 0 aliphatic heterocycles. The van der Waals surface area contributed by atoms with Gasteiger partial charge in [-0.15, -0.1) is 0 Å². The van der Waals surface area contributed by atoms with Crippen molar-refractivity contribution in [2.45, 2.75) is 25.9 Å². The number of fused-ring (bicyclic) bond motifs is 1. The van der Waals surface area contributed by atoms with Crippen LogP contribution in [0.5, 0.6) is 0 Å². The van der Waals surface area contributed by atoms with Crippen molar-refractivity contribution in [3.63, 3.8) is 0 Å². The Morgan fingerprint density at radius 1 is 1.26 bits per heavy atom. The summed E-state index contributed by atoms with van der Waals surface area (Å²) in [6, 6.07) is 8.94. The topological polar surface area (TPSA) is 33.1 Å². The molecule has 4 heteroatoms. The number of aromatic nitrogens is 2. The second-order valence-electron chi connectivity index (χ2n) is 5.57. The van der Waals surface area contributed by atoms with Crippen LogP contribution in [-0.4, -0.2) is 41.1 Å². The maximum Gasteiger partial charge on any atom is 0.126 e. The minimum absolute atomic E-state index is 0.243. The van der Waals surface area contributed by atoms with Gasteiger partial charge in [-0.05, 0) is 40.1 Å². The molecule has 2 atom stereocenters. The van der Waals surface area contributed by atoms with Crippen molar-refractivity contribution in [2.24, 2.45) is 7.05 Å². The van der Waals surface area contributed by atoms with E-state index in [4.69, 9.17) is 4.98 Å². The van der Waals surface area contributed by atoms with Crippen LogP contribution in [0.25, 0.3) is 11.0 Å². The first kappa shape index (κ1) is 14.0. The standard InChI is InChI=1S/C15H24N4/c1-11(10-18(3)4)16-12(2)15-17-13-8-6-7-9-14(13)19(15)5/h6-9,11-12,16H,10H2,1-5H3. The zero-order valence-electron chi connectivity index (χ0n) is 12.5. The predicted molar refractivity (Wildman–Crippen MR) is 80.3 cm³/mol. The summed E-state index contributed by atoms with van der Waals surface area (Å²) >= 11 is 0. The molecule has 0 radical (unpaired) electrons. The molecule has 2 rings (SSSR count). The van der Waals surface area contributed by atoms with Crippen molar-refractivity contribution in [1.82, 2.24) is 19.8 Å². The summed E-state index contributed by atoms with van der Waals surface area (Å²) in [5.41, 5.74) is 2.25. The molecule has 2 aromatic rings. The quantitative estimate of drug-likeness (QED) is 0.894. The van der Waals surface area contributed by atoms with Crippen LogP contribution in [0.2, 0.25) is 0 Å². The fourth-order valence-electron chi connectivity index (χ4n) is 2.65. The van der Waals surface area contributed by atoms with Crippen molar-refractivity contribution >= 4 is 11.0 Å². The molecule has 0 aliphatic rings. The summed E-state index contributed by atoms with van der Waals surface area (Å²) < 4.78 is 2.18. The van der Waals surface area contributed by atoms with E-state index in [-0.39, 0.29) is 6.04 Å². The summed E-state index contributed by atoms with van der Waals surface area (Å²) in [5.74, 6) is 1.09. The minimum atomic E-state index is 0.243. The van der Waals surface area contributed by atoms with Crippen LogP contribution >= 0.6 is 0 Å². The Bertz CT molecular complexity index is 544. The first-order chi connectivity index (χ1) is 8.99. The smallest absolute Gasteiger partial charge is 0.126 e. The van der Waals surface area contributed by atoms with Crippen LogP contribution in [0.15, 0.2) is 24.3 Å². The minimum Gasteiger partial charge on any atom is -0.330 e. The Kier molecular flexibility index (Phi) is 4.22. The third-order valence-corrected chi connectivity index (χ3v) is 3.38. The van der Waals surface area contributed by atoms with E-state index in [1.807, 2.05) is 6.07 Å². The largest absolute Gasteiger partial charge is 0.330 e. The van der Waals surface area contributed by atoms with E-state index >= 15 is 0 Å². The molecule has 0 bridgehead atoms. The van der Waals surface area contributed by atoms with Gasteiger partial charge in [0.15, 0.2) is 0 Å². The molecule has 104 valence electrons. The molecule has 19 heavy (non-hydrogen) atoms. The summed E-state index contributed by atoms with van der Waals surface area (Å²) in [6.07, 6.45) is 0. The van der Waals surface area contributed by atoms with Crippen LogP contribution in [0.3, 0.4) is 0 Å². The van der Waals surface area contributed by atoms with Crippen molar-refractivity contribution in [3.8, 4) is 0 Å². The normalized spacial score (nSPS) is 15.1. The Balaban J connectivity index is 2.17. The second-order valence-corrected chi connectivity index (χ2v) is 5.57. The molecule has 1 N–H and O–H groups in total. The fraction of sp³-hybridized carbons (Fsp3) is 0.533. The molecule has 0 saturated carbocycles. The van der Waals surface area contributed by atoms with Gasteiger partial charge < -0.3 is 14.8 Å². The van der Waals surface area contributed by atoms with Crippen molar-refractivity contribution in [3.05, 3.63) is 30.1 Å². The Hall–Kier alpha value is -1.39. The number of nitrogens with one attached hydrogen (secondary N) is 1. The van der Waals surface area contributed by atoms with Crippen molar-refractivity contribution < 1.29 is 0 Å². The van der Waals surface area contributed by atoms with Crippen LogP contribution in [0, 0.1) is 0 Å². The summed E-state index contributed by atoms with van der Waals surface area (Å²) in [5, 5.41) is 3.60. The monoisotopic (exact) mass is 260 g/mol. The number of hydrogen-bond acceptors (Lipinski definition) is 3. The summed E-state index contributed by atoms with van der Waals surface area (Å²) in [4.78, 5) is 6.92. The number of para-hydroxylation sites is 2. The Morgan fingerprint density at radius 3 is 2.58 bits per heavy atom. The zero-order chi connectivity index (χ0) is 14.0. The van der Waals surface area contributed by atoms with Crippen LogP contribution < -0.4 is 5.32 Å². The van der Waals surface area contributed by atoms with Gasteiger partial charge in [-0.2, -0.15) is 0 Å². The van der Waals surface area contributed by atoms with Gasteiger partial charge in [0, 0.05) is 19.6 Å². The Labute approximate surface area is 115 Å². The Morgan fingerprint density at radius 2 is 1.95 bits per heavy atom. The molecule has 0 amide bonds. The highest BCUT2D eigenvalue weighted by molar-refractivity contribution is 5.75. The van der Waals surface area contributed by atoms with E-state index in [0.717, 1.165) is 17.9 Å². The van der Waals surface area contributed by atoms with E-state index in [2.05, 4.69) is 68.0 Å². The third kappa shape index (κ3) is 3.14. The van der Waals surface area contributed by atoms with E-state index in [9.17, 15) is 0 Å². The van der Waals surface area contributed by atoms with Crippen LogP contribution in [-0.2, 0) is 7.05 Å². The van der Waals surface area contributed by atoms with Gasteiger partial charge >= 0.3 is 0 Å². The first-order valence-electron chi connectivity index (χ1n) is 6.81. The molecule has 2 unspecified atom stereocenters. The van der Waals surface area contributed by atoms with Gasteiger partial charge in [0.25, 0.3) is 0 Å². The van der Waals surface area contributed by atoms with Gasteiger partial charge in [-0.1, -0.05) is 12.1 Å². The molecule has 0 fully saturated rings. The van der Waals surface area contributed by atoms with Gasteiger partial charge in [-0.25, -0.2) is 4.98 Å². The molecule has 0 aliphatic carbocycles.